The molecule has 36 heavy (non-hydrogen) atoms. The molecule has 1 atom stereocenters. The summed E-state index contributed by atoms with van der Waals surface area (Å²) in [5.74, 6) is 7.71. The van der Waals surface area contributed by atoms with Crippen LogP contribution in [-0.2, 0) is 6.54 Å². The Morgan fingerprint density at radius 3 is 2.67 bits per heavy atom. The molecule has 8 heteroatoms. The highest BCUT2D eigenvalue weighted by Gasteiger charge is 2.18. The topological polar surface area (TPSA) is 97.3 Å². The Morgan fingerprint density at radius 2 is 1.94 bits per heavy atom. The molecule has 1 aromatic carbocycles. The lowest BCUT2D eigenvalue weighted by Crippen LogP contribution is -2.34. The minimum atomic E-state index is -0.655. The van der Waals surface area contributed by atoms with Crippen molar-refractivity contribution in [3.8, 4) is 23.2 Å². The molecule has 1 amide bonds. The predicted molar refractivity (Wildman–Crippen MR) is 134 cm³/mol. The van der Waals surface area contributed by atoms with Crippen molar-refractivity contribution in [2.75, 3.05) is 13.1 Å². The zero-order valence-corrected chi connectivity index (χ0v) is 19.8. The zero-order valence-electron chi connectivity index (χ0n) is 19.8. The molecule has 0 unspecified atom stereocenters. The van der Waals surface area contributed by atoms with E-state index in [1.807, 2.05) is 52.1 Å². The van der Waals surface area contributed by atoms with Crippen molar-refractivity contribution in [2.45, 2.75) is 26.0 Å². The lowest BCUT2D eigenvalue weighted by atomic mass is 10.1. The van der Waals surface area contributed by atoms with Crippen LogP contribution in [0, 0.1) is 11.8 Å². The van der Waals surface area contributed by atoms with Gasteiger partial charge >= 0.3 is 0 Å². The van der Waals surface area contributed by atoms with Crippen molar-refractivity contribution in [1.82, 2.24) is 24.6 Å². The van der Waals surface area contributed by atoms with Crippen LogP contribution in [0.15, 0.2) is 83.4 Å². The van der Waals surface area contributed by atoms with Gasteiger partial charge in [0.05, 0.1) is 6.54 Å². The van der Waals surface area contributed by atoms with Crippen LogP contribution in [0.1, 0.15) is 46.9 Å². The maximum absolute atomic E-state index is 12.6. The van der Waals surface area contributed by atoms with Crippen LogP contribution in [0.3, 0.4) is 0 Å². The first-order chi connectivity index (χ1) is 17.6. The van der Waals surface area contributed by atoms with Crippen molar-refractivity contribution in [2.24, 2.45) is 0 Å². The first kappa shape index (κ1) is 23.3. The monoisotopic (exact) mass is 479 g/mol. The summed E-state index contributed by atoms with van der Waals surface area (Å²) in [4.78, 5) is 22.5. The third kappa shape index (κ3) is 5.27. The molecule has 180 valence electrons. The maximum atomic E-state index is 12.6. The number of aliphatic hydroxyl groups is 1. The van der Waals surface area contributed by atoms with Crippen molar-refractivity contribution in [3.05, 3.63) is 102 Å². The number of carbonyl (C=O) groups excluding carboxylic acids is 1. The number of imidazole rings is 1. The van der Waals surface area contributed by atoms with Gasteiger partial charge in [0.25, 0.3) is 5.91 Å². The smallest absolute Gasteiger partial charge is 0.254 e. The average Bonchev–Trinajstić information content (AvgIpc) is 3.58. The number of hydrogen-bond donors (Lipinski definition) is 1. The summed E-state index contributed by atoms with van der Waals surface area (Å²) in [7, 11) is 0. The molecule has 4 aromatic rings. The zero-order chi connectivity index (χ0) is 24.9. The van der Waals surface area contributed by atoms with Gasteiger partial charge < -0.3 is 19.1 Å². The molecule has 0 spiro atoms. The van der Waals surface area contributed by atoms with Crippen molar-refractivity contribution >= 4 is 5.91 Å². The Morgan fingerprint density at radius 1 is 1.14 bits per heavy atom. The molecule has 0 fully saturated rings. The highest BCUT2D eigenvalue weighted by molar-refractivity contribution is 5.94. The number of hydrogen-bond acceptors (Lipinski definition) is 6. The second kappa shape index (κ2) is 10.4. The molecule has 1 N–H and O–H groups in total. The van der Waals surface area contributed by atoms with Gasteiger partial charge in [-0.3, -0.25) is 9.78 Å². The van der Waals surface area contributed by atoms with Crippen LogP contribution in [0.4, 0.5) is 0 Å². The van der Waals surface area contributed by atoms with Gasteiger partial charge in [0, 0.05) is 66.2 Å². The van der Waals surface area contributed by atoms with Crippen molar-refractivity contribution in [1.29, 1.82) is 0 Å². The Balaban J connectivity index is 1.20. The highest BCUT2D eigenvalue weighted by Crippen LogP contribution is 2.22. The number of nitrogens with zero attached hydrogens (tertiary/aromatic N) is 5. The molecule has 4 heterocycles. The van der Waals surface area contributed by atoms with E-state index in [-0.39, 0.29) is 5.91 Å². The average molecular weight is 480 g/mol. The molecular formula is C28H25N5O3. The molecular weight excluding hydrogens is 454 g/mol. The van der Waals surface area contributed by atoms with Gasteiger partial charge in [-0.05, 0) is 49.7 Å². The van der Waals surface area contributed by atoms with E-state index in [1.165, 1.54) is 0 Å². The fourth-order valence-electron chi connectivity index (χ4n) is 4.03. The van der Waals surface area contributed by atoms with Crippen molar-refractivity contribution in [3.63, 3.8) is 0 Å². The van der Waals surface area contributed by atoms with E-state index in [4.69, 9.17) is 4.52 Å². The van der Waals surface area contributed by atoms with Gasteiger partial charge in [0.15, 0.2) is 5.76 Å². The number of amides is 1. The summed E-state index contributed by atoms with van der Waals surface area (Å²) in [5.41, 5.74) is 4.24. The van der Waals surface area contributed by atoms with Crippen molar-refractivity contribution < 1.29 is 14.4 Å². The van der Waals surface area contributed by atoms with E-state index in [9.17, 15) is 9.90 Å². The number of aliphatic hydroxyl groups excluding tert-OH is 1. The fourth-order valence-corrected chi connectivity index (χ4v) is 4.03. The Hall–Kier alpha value is -4.48. The lowest BCUT2D eigenvalue weighted by Gasteiger charge is -2.25. The van der Waals surface area contributed by atoms with Crippen LogP contribution in [0.5, 0.6) is 0 Å². The number of pyridine rings is 1. The Kier molecular flexibility index (Phi) is 6.74. The normalized spacial score (nSPS) is 14.1. The molecule has 0 radical (unpaired) electrons. The third-order valence-electron chi connectivity index (χ3n) is 5.97. The van der Waals surface area contributed by atoms with E-state index in [0.29, 0.717) is 36.8 Å². The van der Waals surface area contributed by atoms with E-state index in [2.05, 4.69) is 27.0 Å². The first-order valence-electron chi connectivity index (χ1n) is 11.7. The first-order valence-corrected chi connectivity index (χ1v) is 11.7. The van der Waals surface area contributed by atoms with E-state index < -0.39 is 6.10 Å². The summed E-state index contributed by atoms with van der Waals surface area (Å²) in [5, 5.41) is 14.0. The molecule has 0 saturated carbocycles. The van der Waals surface area contributed by atoms with Crippen LogP contribution in [0.2, 0.25) is 0 Å². The maximum Gasteiger partial charge on any atom is 0.254 e. The highest BCUT2D eigenvalue weighted by atomic mass is 16.5. The van der Waals surface area contributed by atoms with Gasteiger partial charge in [0.2, 0.25) is 0 Å². The summed E-state index contributed by atoms with van der Waals surface area (Å²) in [6.07, 6.45) is 8.82. The third-order valence-corrected chi connectivity index (χ3v) is 5.97. The predicted octanol–water partition coefficient (Wildman–Crippen LogP) is 3.86. The second-order valence-corrected chi connectivity index (χ2v) is 8.57. The molecule has 8 nitrogen and oxygen atoms in total. The molecule has 1 aliphatic heterocycles. The largest absolute Gasteiger partial charge is 0.385 e. The summed E-state index contributed by atoms with van der Waals surface area (Å²) in [6.45, 7) is 3.35. The van der Waals surface area contributed by atoms with Gasteiger partial charge in [-0.25, -0.2) is 4.98 Å². The van der Waals surface area contributed by atoms with Crippen LogP contribution in [0.25, 0.3) is 11.3 Å². The van der Waals surface area contributed by atoms with Crippen LogP contribution >= 0.6 is 0 Å². The van der Waals surface area contributed by atoms with Gasteiger partial charge in [0.1, 0.15) is 17.6 Å². The second-order valence-electron chi connectivity index (χ2n) is 8.57. The minimum absolute atomic E-state index is 0.0141. The fraction of sp³-hybridized carbons (Fsp3) is 0.214. The van der Waals surface area contributed by atoms with Gasteiger partial charge in [-0.1, -0.05) is 23.1 Å². The number of rotatable bonds is 5. The molecule has 0 aliphatic carbocycles. The van der Waals surface area contributed by atoms with E-state index in [0.717, 1.165) is 28.8 Å². The molecule has 5 rings (SSSR count). The van der Waals surface area contributed by atoms with Gasteiger partial charge in [-0.2, -0.15) is 0 Å². The summed E-state index contributed by atoms with van der Waals surface area (Å²) < 4.78 is 7.38. The Bertz CT molecular complexity index is 1440. The van der Waals surface area contributed by atoms with E-state index >= 15 is 0 Å². The summed E-state index contributed by atoms with van der Waals surface area (Å²) >= 11 is 0. The standard InChI is InChI=1S/C28H25N5O3/c1-20(34)27-30-14-17-33(27)19-25-18-26(36-31-25)23-6-4-21(5-7-23)2-3-22-10-15-32(16-11-22)28(35)24-8-12-29-13-9-24/h4-10,12-14,17-18,20,34H,11,15-16,19H2,1H3/t20-/m0/s1. The summed E-state index contributed by atoms with van der Waals surface area (Å²) in [6, 6.07) is 13.2. The van der Waals surface area contributed by atoms with Crippen LogP contribution < -0.4 is 0 Å². The molecule has 1 aliphatic rings. The number of carbonyl (C=O) groups is 1. The molecule has 3 aromatic heterocycles. The quantitative estimate of drug-likeness (QED) is 0.437. The minimum Gasteiger partial charge on any atom is -0.385 e. The Labute approximate surface area is 208 Å². The van der Waals surface area contributed by atoms with E-state index in [1.54, 1.807) is 37.6 Å². The SMILES string of the molecule is C[C@H](O)c1nccn1Cc1cc(-c2ccc(C#CC3=CCN(C(=O)c4ccncc4)CC3)cc2)on1. The number of benzene rings is 1. The van der Waals surface area contributed by atoms with Crippen LogP contribution in [-0.4, -0.2) is 48.7 Å². The van der Waals surface area contributed by atoms with Gasteiger partial charge in [-0.15, -0.1) is 0 Å². The lowest BCUT2D eigenvalue weighted by molar-refractivity contribution is 0.0769. The molecule has 0 bridgehead atoms. The molecule has 0 saturated heterocycles. The number of aromatic nitrogens is 4.